The fraction of sp³-hybridized carbons (Fsp3) is 0. The lowest BCUT2D eigenvalue weighted by Gasteiger charge is -2.22. The van der Waals surface area contributed by atoms with E-state index < -0.39 is 0 Å². The number of fused-ring (bicyclic) bond motifs is 5. The Morgan fingerprint density at radius 2 is 0.518 bits per heavy atom. The zero-order valence-corrected chi connectivity index (χ0v) is 30.8. The Balaban J connectivity index is 1.27. The first-order valence-electron chi connectivity index (χ1n) is 19.4. The van der Waals surface area contributed by atoms with Crippen LogP contribution in [-0.4, -0.2) is 0 Å². The van der Waals surface area contributed by atoms with Crippen molar-refractivity contribution >= 4 is 53.9 Å². The van der Waals surface area contributed by atoms with Gasteiger partial charge in [0.25, 0.3) is 0 Å². The Morgan fingerprint density at radius 1 is 0.179 bits per heavy atom. The van der Waals surface area contributed by atoms with Gasteiger partial charge >= 0.3 is 0 Å². The molecule has 0 aromatic heterocycles. The zero-order valence-electron chi connectivity index (χ0n) is 30.8. The first-order valence-corrected chi connectivity index (χ1v) is 19.4. The minimum atomic E-state index is 1.20. The van der Waals surface area contributed by atoms with Gasteiger partial charge in [-0.2, -0.15) is 0 Å². The highest BCUT2D eigenvalue weighted by Gasteiger charge is 2.22. The summed E-state index contributed by atoms with van der Waals surface area (Å²) >= 11 is 0. The molecule has 0 heteroatoms. The average molecular weight is 709 g/mol. The second-order valence-electron chi connectivity index (χ2n) is 14.7. The number of benzene rings is 11. The Morgan fingerprint density at radius 3 is 1.07 bits per heavy atom. The number of rotatable bonds is 5. The van der Waals surface area contributed by atoms with Gasteiger partial charge in [0.15, 0.2) is 0 Å². The van der Waals surface area contributed by atoms with Crippen molar-refractivity contribution in [3.05, 3.63) is 218 Å². The van der Waals surface area contributed by atoms with Crippen LogP contribution < -0.4 is 0 Å². The third kappa shape index (κ3) is 5.15. The molecule has 11 aromatic rings. The predicted molar refractivity (Wildman–Crippen MR) is 241 cm³/mol. The fourth-order valence-electron chi connectivity index (χ4n) is 9.20. The van der Waals surface area contributed by atoms with Crippen LogP contribution in [0.1, 0.15) is 0 Å². The Hall–Kier alpha value is -7.28. The summed E-state index contributed by atoms with van der Waals surface area (Å²) in [5, 5.41) is 12.5. The standard InChI is InChI=1S/C56H36/c1-4-22-41-37(16-1)19-13-31-46(41)45-26-8-7-25-44(45)40-34-35-53-54(36-40)56(50-28-10-9-27-48(50)47-32-14-20-38-17-2-5-23-42(38)47)52-30-12-11-29-51(52)55(53)49-33-15-21-39-18-3-6-24-43(39)49/h1-36H. The summed E-state index contributed by atoms with van der Waals surface area (Å²) in [4.78, 5) is 0. The summed E-state index contributed by atoms with van der Waals surface area (Å²) in [5.41, 5.74) is 12.4. The Labute approximate surface area is 326 Å². The molecule has 56 heavy (non-hydrogen) atoms. The van der Waals surface area contributed by atoms with Crippen molar-refractivity contribution in [3.63, 3.8) is 0 Å². The molecule has 0 aliphatic rings. The third-order valence-corrected chi connectivity index (χ3v) is 11.7. The summed E-state index contributed by atoms with van der Waals surface area (Å²) < 4.78 is 0. The van der Waals surface area contributed by atoms with E-state index in [0.29, 0.717) is 0 Å². The van der Waals surface area contributed by atoms with E-state index in [1.807, 2.05) is 0 Å². The van der Waals surface area contributed by atoms with Gasteiger partial charge in [-0.1, -0.05) is 212 Å². The van der Waals surface area contributed by atoms with E-state index in [4.69, 9.17) is 0 Å². The summed E-state index contributed by atoms with van der Waals surface area (Å²) in [5.74, 6) is 0. The van der Waals surface area contributed by atoms with Crippen LogP contribution in [0.4, 0.5) is 0 Å². The predicted octanol–water partition coefficient (Wildman–Crippen LogP) is 15.8. The summed E-state index contributed by atoms with van der Waals surface area (Å²) in [6.45, 7) is 0. The van der Waals surface area contributed by atoms with Gasteiger partial charge in [0.05, 0.1) is 0 Å². The van der Waals surface area contributed by atoms with E-state index in [2.05, 4.69) is 218 Å². The third-order valence-electron chi connectivity index (χ3n) is 11.7. The van der Waals surface area contributed by atoms with Gasteiger partial charge in [-0.25, -0.2) is 0 Å². The van der Waals surface area contributed by atoms with E-state index in [-0.39, 0.29) is 0 Å². The molecule has 0 saturated heterocycles. The van der Waals surface area contributed by atoms with Crippen molar-refractivity contribution in [1.82, 2.24) is 0 Å². The second kappa shape index (κ2) is 13.2. The van der Waals surface area contributed by atoms with Crippen molar-refractivity contribution in [1.29, 1.82) is 0 Å². The highest BCUT2D eigenvalue weighted by Crippen LogP contribution is 2.49. The van der Waals surface area contributed by atoms with E-state index in [0.717, 1.165) is 0 Å². The normalized spacial score (nSPS) is 11.6. The van der Waals surface area contributed by atoms with Gasteiger partial charge in [-0.05, 0) is 116 Å². The van der Waals surface area contributed by atoms with Crippen LogP contribution in [0.15, 0.2) is 218 Å². The lowest BCUT2D eigenvalue weighted by atomic mass is 9.81. The highest BCUT2D eigenvalue weighted by molar-refractivity contribution is 6.25. The molecule has 0 spiro atoms. The summed E-state index contributed by atoms with van der Waals surface area (Å²) in [7, 11) is 0. The van der Waals surface area contributed by atoms with Gasteiger partial charge in [0.2, 0.25) is 0 Å². The summed E-state index contributed by atoms with van der Waals surface area (Å²) in [6.07, 6.45) is 0. The molecule has 0 bridgehead atoms. The molecule has 11 aromatic carbocycles. The molecule has 0 radical (unpaired) electrons. The Kier molecular flexibility index (Phi) is 7.60. The minimum absolute atomic E-state index is 1.20. The first-order chi connectivity index (χ1) is 27.8. The van der Waals surface area contributed by atoms with E-state index in [1.54, 1.807) is 0 Å². The molecule has 0 unspecified atom stereocenters. The van der Waals surface area contributed by atoms with Crippen LogP contribution in [0.3, 0.4) is 0 Å². The molecule has 0 amide bonds. The fourth-order valence-corrected chi connectivity index (χ4v) is 9.20. The van der Waals surface area contributed by atoms with Crippen LogP contribution in [0.2, 0.25) is 0 Å². The lowest BCUT2D eigenvalue weighted by Crippen LogP contribution is -1.94. The van der Waals surface area contributed by atoms with Crippen molar-refractivity contribution in [3.8, 4) is 55.6 Å². The molecule has 0 aliphatic carbocycles. The van der Waals surface area contributed by atoms with Gasteiger partial charge in [0, 0.05) is 0 Å². The van der Waals surface area contributed by atoms with E-state index in [9.17, 15) is 0 Å². The zero-order chi connectivity index (χ0) is 37.0. The van der Waals surface area contributed by atoms with Crippen molar-refractivity contribution < 1.29 is 0 Å². The molecule has 0 N–H and O–H groups in total. The largest absolute Gasteiger partial charge is 0.0616 e. The topological polar surface area (TPSA) is 0 Å². The van der Waals surface area contributed by atoms with Crippen LogP contribution in [-0.2, 0) is 0 Å². The lowest BCUT2D eigenvalue weighted by molar-refractivity contribution is 1.61. The molecular weight excluding hydrogens is 673 g/mol. The monoisotopic (exact) mass is 708 g/mol. The van der Waals surface area contributed by atoms with Crippen LogP contribution >= 0.6 is 0 Å². The average Bonchev–Trinajstić information content (AvgIpc) is 3.27. The van der Waals surface area contributed by atoms with E-state index in [1.165, 1.54) is 109 Å². The van der Waals surface area contributed by atoms with Crippen LogP contribution in [0.5, 0.6) is 0 Å². The molecule has 0 saturated carbocycles. The first kappa shape index (κ1) is 32.2. The molecule has 0 nitrogen and oxygen atoms in total. The number of hydrogen-bond donors (Lipinski definition) is 0. The highest BCUT2D eigenvalue weighted by atomic mass is 14.2. The van der Waals surface area contributed by atoms with Crippen LogP contribution in [0.25, 0.3) is 109 Å². The maximum absolute atomic E-state index is 2.47. The van der Waals surface area contributed by atoms with Gasteiger partial charge in [-0.3, -0.25) is 0 Å². The maximum atomic E-state index is 2.47. The second-order valence-corrected chi connectivity index (χ2v) is 14.7. The molecule has 0 heterocycles. The van der Waals surface area contributed by atoms with Crippen LogP contribution in [0, 0.1) is 0 Å². The quantitative estimate of drug-likeness (QED) is 0.156. The Bertz CT molecular complexity index is 3290. The molecule has 0 fully saturated rings. The van der Waals surface area contributed by atoms with Crippen molar-refractivity contribution in [2.75, 3.05) is 0 Å². The molecule has 260 valence electrons. The van der Waals surface area contributed by atoms with Gasteiger partial charge in [0.1, 0.15) is 0 Å². The van der Waals surface area contributed by atoms with Crippen molar-refractivity contribution in [2.24, 2.45) is 0 Å². The number of hydrogen-bond acceptors (Lipinski definition) is 0. The molecule has 11 rings (SSSR count). The van der Waals surface area contributed by atoms with E-state index >= 15 is 0 Å². The van der Waals surface area contributed by atoms with Gasteiger partial charge in [-0.15, -0.1) is 0 Å². The minimum Gasteiger partial charge on any atom is -0.0616 e. The van der Waals surface area contributed by atoms with Crippen molar-refractivity contribution in [2.45, 2.75) is 0 Å². The smallest absolute Gasteiger partial charge is 0.00199 e. The van der Waals surface area contributed by atoms with Gasteiger partial charge < -0.3 is 0 Å². The molecule has 0 atom stereocenters. The summed E-state index contributed by atoms with van der Waals surface area (Å²) in [6, 6.07) is 80.5. The molecular formula is C56H36. The SMILES string of the molecule is c1ccc(-c2cccc3ccccc23)c(-c2ccc3c(-c4cccc5ccccc45)c4ccccc4c(-c4ccccc4-c4cccc5ccccc45)c3c2)c1. The maximum Gasteiger partial charge on any atom is -0.00199 e. The molecule has 0 aliphatic heterocycles.